The molecule has 1 aromatic heterocycles. The molecular weight excluding hydrogens is 198 g/mol. The maximum absolute atomic E-state index is 10.8. The van der Waals surface area contributed by atoms with Gasteiger partial charge in [0.15, 0.2) is 0 Å². The highest BCUT2D eigenvalue weighted by molar-refractivity contribution is 7.99. The molecule has 1 atom stereocenters. The van der Waals surface area contributed by atoms with Gasteiger partial charge in [0.25, 0.3) is 0 Å². The Morgan fingerprint density at radius 3 is 3.00 bits per heavy atom. The predicted molar refractivity (Wildman–Crippen MR) is 57.7 cm³/mol. The van der Waals surface area contributed by atoms with Crippen molar-refractivity contribution in [3.8, 4) is 0 Å². The van der Waals surface area contributed by atoms with Gasteiger partial charge >= 0.3 is 0 Å². The average Bonchev–Trinajstić information content (AvgIpc) is 2.16. The number of nitrogens with zero attached hydrogens (tertiary/aromatic N) is 1. The van der Waals surface area contributed by atoms with Gasteiger partial charge in [0.05, 0.1) is 11.9 Å². The standard InChI is InChI=1S/C9H13N3OS/c1-6(9(11)13)5-14-8-2-3-12-4-7(8)10/h2-4,6H,5,10H2,1H3,(H2,11,13). The lowest BCUT2D eigenvalue weighted by molar-refractivity contribution is -0.120. The first-order valence-electron chi connectivity index (χ1n) is 4.23. The average molecular weight is 211 g/mol. The van der Waals surface area contributed by atoms with Crippen LogP contribution in [0.5, 0.6) is 0 Å². The van der Waals surface area contributed by atoms with Crippen molar-refractivity contribution >= 4 is 23.4 Å². The van der Waals surface area contributed by atoms with Gasteiger partial charge in [0, 0.05) is 22.8 Å². The summed E-state index contributed by atoms with van der Waals surface area (Å²) in [6, 6.07) is 1.83. The fourth-order valence-electron chi connectivity index (χ4n) is 0.822. The number of pyridine rings is 1. The minimum atomic E-state index is -0.287. The van der Waals surface area contributed by atoms with E-state index < -0.39 is 0 Å². The lowest BCUT2D eigenvalue weighted by Crippen LogP contribution is -2.22. The first-order chi connectivity index (χ1) is 6.61. The lowest BCUT2D eigenvalue weighted by atomic mass is 10.2. The number of nitrogen functional groups attached to an aromatic ring is 1. The van der Waals surface area contributed by atoms with Gasteiger partial charge in [-0.1, -0.05) is 6.92 Å². The van der Waals surface area contributed by atoms with Gasteiger partial charge in [-0.3, -0.25) is 9.78 Å². The van der Waals surface area contributed by atoms with Crippen molar-refractivity contribution in [3.05, 3.63) is 18.5 Å². The van der Waals surface area contributed by atoms with Crippen molar-refractivity contribution in [1.82, 2.24) is 4.98 Å². The number of primary amides is 1. The van der Waals surface area contributed by atoms with Gasteiger partial charge in [-0.2, -0.15) is 0 Å². The normalized spacial score (nSPS) is 12.4. The van der Waals surface area contributed by atoms with Crippen LogP contribution in [0.15, 0.2) is 23.4 Å². The smallest absolute Gasteiger partial charge is 0.221 e. The van der Waals surface area contributed by atoms with E-state index in [4.69, 9.17) is 11.5 Å². The summed E-state index contributed by atoms with van der Waals surface area (Å²) in [6.45, 7) is 1.80. The third-order valence-electron chi connectivity index (χ3n) is 1.78. The Labute approximate surface area is 87.1 Å². The van der Waals surface area contributed by atoms with Crippen LogP contribution in [-0.2, 0) is 4.79 Å². The van der Waals surface area contributed by atoms with Crippen LogP contribution < -0.4 is 11.5 Å². The maximum Gasteiger partial charge on any atom is 0.221 e. The molecule has 0 aliphatic carbocycles. The Kier molecular flexibility index (Phi) is 3.76. The molecule has 0 aliphatic rings. The molecule has 76 valence electrons. The van der Waals surface area contributed by atoms with Gasteiger partial charge in [-0.05, 0) is 6.07 Å². The Morgan fingerprint density at radius 1 is 1.71 bits per heavy atom. The molecule has 0 saturated carbocycles. The third-order valence-corrected chi connectivity index (χ3v) is 3.13. The van der Waals surface area contributed by atoms with E-state index in [0.29, 0.717) is 11.4 Å². The molecular formula is C9H13N3OS. The second-order valence-electron chi connectivity index (χ2n) is 3.03. The van der Waals surface area contributed by atoms with Crippen LogP contribution >= 0.6 is 11.8 Å². The summed E-state index contributed by atoms with van der Waals surface area (Å²) >= 11 is 1.52. The summed E-state index contributed by atoms with van der Waals surface area (Å²) in [7, 11) is 0. The van der Waals surface area contributed by atoms with E-state index in [1.54, 1.807) is 19.3 Å². The highest BCUT2D eigenvalue weighted by Gasteiger charge is 2.09. The van der Waals surface area contributed by atoms with Crippen molar-refractivity contribution in [2.24, 2.45) is 11.7 Å². The summed E-state index contributed by atoms with van der Waals surface area (Å²) in [4.78, 5) is 15.6. The largest absolute Gasteiger partial charge is 0.397 e. The van der Waals surface area contributed by atoms with Crippen LogP contribution in [0.25, 0.3) is 0 Å². The molecule has 14 heavy (non-hydrogen) atoms. The number of hydrogen-bond acceptors (Lipinski definition) is 4. The minimum Gasteiger partial charge on any atom is -0.397 e. The topological polar surface area (TPSA) is 82.0 Å². The zero-order valence-corrected chi connectivity index (χ0v) is 8.75. The van der Waals surface area contributed by atoms with Gasteiger partial charge in [-0.25, -0.2) is 0 Å². The van der Waals surface area contributed by atoms with Crippen LogP contribution in [0.3, 0.4) is 0 Å². The quantitative estimate of drug-likeness (QED) is 0.724. The third kappa shape index (κ3) is 2.92. The number of carbonyl (C=O) groups excluding carboxylic acids is 1. The second-order valence-corrected chi connectivity index (χ2v) is 4.09. The number of rotatable bonds is 4. The molecule has 0 aliphatic heterocycles. The van der Waals surface area contributed by atoms with Crippen molar-refractivity contribution in [2.75, 3.05) is 11.5 Å². The van der Waals surface area contributed by atoms with Crippen molar-refractivity contribution < 1.29 is 4.79 Å². The second kappa shape index (κ2) is 4.85. The highest BCUT2D eigenvalue weighted by Crippen LogP contribution is 2.25. The van der Waals surface area contributed by atoms with E-state index in [1.165, 1.54) is 11.8 Å². The molecule has 1 amide bonds. The number of carbonyl (C=O) groups is 1. The van der Waals surface area contributed by atoms with Gasteiger partial charge in [-0.15, -0.1) is 11.8 Å². The van der Waals surface area contributed by atoms with Crippen LogP contribution in [0.1, 0.15) is 6.92 Å². The predicted octanol–water partition coefficient (Wildman–Crippen LogP) is 0.877. The summed E-state index contributed by atoms with van der Waals surface area (Å²) in [6.07, 6.45) is 3.27. The number of thioether (sulfide) groups is 1. The van der Waals surface area contributed by atoms with E-state index in [1.807, 2.05) is 6.07 Å². The van der Waals surface area contributed by atoms with Crippen LogP contribution in [0, 0.1) is 5.92 Å². The fraction of sp³-hybridized carbons (Fsp3) is 0.333. The molecule has 0 saturated heterocycles. The molecule has 0 radical (unpaired) electrons. The van der Waals surface area contributed by atoms with Crippen LogP contribution in [0.4, 0.5) is 5.69 Å². The summed E-state index contributed by atoms with van der Waals surface area (Å²) in [5.74, 6) is 0.210. The van der Waals surface area contributed by atoms with Crippen molar-refractivity contribution in [3.63, 3.8) is 0 Å². The highest BCUT2D eigenvalue weighted by atomic mass is 32.2. The molecule has 0 fully saturated rings. The number of aromatic nitrogens is 1. The maximum atomic E-state index is 10.8. The molecule has 4 N–H and O–H groups in total. The number of hydrogen-bond donors (Lipinski definition) is 2. The monoisotopic (exact) mass is 211 g/mol. The molecule has 1 unspecified atom stereocenters. The molecule has 0 bridgehead atoms. The SMILES string of the molecule is CC(CSc1ccncc1N)C(N)=O. The Bertz CT molecular complexity index is 330. The van der Waals surface area contributed by atoms with Gasteiger partial charge in [0.1, 0.15) is 0 Å². The summed E-state index contributed by atoms with van der Waals surface area (Å²) < 4.78 is 0. The molecule has 1 rings (SSSR count). The van der Waals surface area contributed by atoms with Gasteiger partial charge < -0.3 is 11.5 Å². The Balaban J connectivity index is 2.54. The zero-order valence-electron chi connectivity index (χ0n) is 7.93. The first kappa shape index (κ1) is 10.8. The Hall–Kier alpha value is -1.23. The number of amides is 1. The molecule has 0 spiro atoms. The Morgan fingerprint density at radius 2 is 2.43 bits per heavy atom. The molecule has 4 nitrogen and oxygen atoms in total. The van der Waals surface area contributed by atoms with E-state index in [-0.39, 0.29) is 11.8 Å². The lowest BCUT2D eigenvalue weighted by Gasteiger charge is -2.07. The van der Waals surface area contributed by atoms with E-state index in [9.17, 15) is 4.79 Å². The minimum absolute atomic E-state index is 0.146. The van der Waals surface area contributed by atoms with E-state index >= 15 is 0 Å². The van der Waals surface area contributed by atoms with Crippen molar-refractivity contribution in [1.29, 1.82) is 0 Å². The van der Waals surface area contributed by atoms with Gasteiger partial charge in [0.2, 0.25) is 5.91 Å². The molecule has 1 heterocycles. The van der Waals surface area contributed by atoms with Crippen molar-refractivity contribution in [2.45, 2.75) is 11.8 Å². The molecule has 1 aromatic rings. The summed E-state index contributed by atoms with van der Waals surface area (Å²) in [5.41, 5.74) is 11.5. The first-order valence-corrected chi connectivity index (χ1v) is 5.21. The van der Waals surface area contributed by atoms with Crippen LogP contribution in [0.2, 0.25) is 0 Å². The number of anilines is 1. The zero-order chi connectivity index (χ0) is 10.6. The molecule has 5 heteroatoms. The fourth-order valence-corrected chi connectivity index (χ4v) is 1.79. The van der Waals surface area contributed by atoms with Crippen LogP contribution in [-0.4, -0.2) is 16.6 Å². The van der Waals surface area contributed by atoms with E-state index in [2.05, 4.69) is 4.98 Å². The summed E-state index contributed by atoms with van der Waals surface area (Å²) in [5, 5.41) is 0. The number of nitrogens with two attached hydrogens (primary N) is 2. The van der Waals surface area contributed by atoms with E-state index in [0.717, 1.165) is 4.90 Å². The molecule has 0 aromatic carbocycles.